The summed E-state index contributed by atoms with van der Waals surface area (Å²) in [5.41, 5.74) is 4.08. The fourth-order valence-electron chi connectivity index (χ4n) is 4.42. The number of hydrogen-bond acceptors (Lipinski definition) is 3. The minimum atomic E-state index is 0.106. The van der Waals surface area contributed by atoms with Crippen LogP contribution in [-0.4, -0.2) is 46.1 Å². The second kappa shape index (κ2) is 9.67. The zero-order valence-electron chi connectivity index (χ0n) is 18.8. The van der Waals surface area contributed by atoms with E-state index in [1.807, 2.05) is 25.1 Å². The number of likely N-dealkylation sites (tertiary alicyclic amines) is 1. The molecule has 4 rings (SSSR count). The molecule has 1 saturated heterocycles. The first-order valence-corrected chi connectivity index (χ1v) is 11.6. The van der Waals surface area contributed by atoms with Crippen LogP contribution in [0.5, 0.6) is 0 Å². The molecule has 31 heavy (non-hydrogen) atoms. The fourth-order valence-corrected chi connectivity index (χ4v) is 4.42. The van der Waals surface area contributed by atoms with Gasteiger partial charge < -0.3 is 10.2 Å². The van der Waals surface area contributed by atoms with Crippen molar-refractivity contribution >= 4 is 11.8 Å². The van der Waals surface area contributed by atoms with E-state index in [0.29, 0.717) is 12.3 Å². The molecule has 1 aromatic carbocycles. The highest BCUT2D eigenvalue weighted by Gasteiger charge is 2.25. The predicted octanol–water partition coefficient (Wildman–Crippen LogP) is 3.28. The maximum Gasteiger partial charge on any atom is 0.257 e. The highest BCUT2D eigenvalue weighted by molar-refractivity contribution is 5.95. The van der Waals surface area contributed by atoms with Gasteiger partial charge in [0.15, 0.2) is 0 Å². The van der Waals surface area contributed by atoms with Crippen LogP contribution in [0.1, 0.15) is 59.3 Å². The minimum Gasteiger partial charge on any atom is -0.356 e. The maximum atomic E-state index is 12.8. The van der Waals surface area contributed by atoms with Gasteiger partial charge in [-0.3, -0.25) is 14.3 Å². The van der Waals surface area contributed by atoms with Crippen molar-refractivity contribution in [2.24, 2.45) is 18.9 Å². The van der Waals surface area contributed by atoms with Gasteiger partial charge in [0, 0.05) is 39.3 Å². The molecule has 6 nitrogen and oxygen atoms in total. The van der Waals surface area contributed by atoms with Crippen LogP contribution in [0.4, 0.5) is 0 Å². The largest absolute Gasteiger partial charge is 0.356 e. The van der Waals surface area contributed by atoms with E-state index in [4.69, 9.17) is 0 Å². The van der Waals surface area contributed by atoms with Crippen molar-refractivity contribution in [3.05, 3.63) is 52.8 Å². The van der Waals surface area contributed by atoms with Gasteiger partial charge in [-0.05, 0) is 68.4 Å². The van der Waals surface area contributed by atoms with Gasteiger partial charge in [-0.15, -0.1) is 0 Å². The summed E-state index contributed by atoms with van der Waals surface area (Å²) in [5, 5.41) is 7.33. The van der Waals surface area contributed by atoms with Crippen molar-refractivity contribution in [3.8, 4) is 0 Å². The summed E-state index contributed by atoms with van der Waals surface area (Å²) in [6.07, 6.45) is 8.84. The van der Waals surface area contributed by atoms with Crippen LogP contribution in [0.3, 0.4) is 0 Å². The number of rotatable bonds is 8. The molecule has 0 radical (unpaired) electrons. The maximum absolute atomic E-state index is 12.8. The molecule has 0 unspecified atom stereocenters. The zero-order chi connectivity index (χ0) is 21.8. The third-order valence-electron chi connectivity index (χ3n) is 6.62. The second-order valence-corrected chi connectivity index (χ2v) is 9.31. The summed E-state index contributed by atoms with van der Waals surface area (Å²) in [5.74, 6) is 1.61. The Labute approximate surface area is 185 Å². The lowest BCUT2D eigenvalue weighted by atomic mass is 9.89. The van der Waals surface area contributed by atoms with E-state index in [0.717, 1.165) is 62.5 Å². The monoisotopic (exact) mass is 422 g/mol. The third-order valence-corrected chi connectivity index (χ3v) is 6.62. The van der Waals surface area contributed by atoms with Gasteiger partial charge in [-0.2, -0.15) is 5.10 Å². The first kappa shape index (κ1) is 21.6. The molecule has 0 atom stereocenters. The summed E-state index contributed by atoms with van der Waals surface area (Å²) in [4.78, 5) is 26.7. The van der Waals surface area contributed by atoms with E-state index >= 15 is 0 Å². The van der Waals surface area contributed by atoms with Crippen LogP contribution >= 0.6 is 0 Å². The van der Waals surface area contributed by atoms with E-state index in [-0.39, 0.29) is 11.8 Å². The molecule has 2 amide bonds. The SMILES string of the molecule is Cc1nn(C)cc1C(=O)N1CCC(Cc2ccc(CCC(=O)NCC3CC3)cc2)CC1. The van der Waals surface area contributed by atoms with Crippen molar-refractivity contribution in [2.45, 2.75) is 51.9 Å². The van der Waals surface area contributed by atoms with Crippen LogP contribution in [-0.2, 0) is 24.7 Å². The Balaban J connectivity index is 1.20. The van der Waals surface area contributed by atoms with Crippen LogP contribution < -0.4 is 5.32 Å². The fraction of sp³-hybridized carbons (Fsp3) is 0.560. The molecule has 2 fully saturated rings. The molecule has 1 saturated carbocycles. The third kappa shape index (κ3) is 5.96. The Morgan fingerprint density at radius 1 is 1.03 bits per heavy atom. The van der Waals surface area contributed by atoms with Crippen molar-refractivity contribution in [3.63, 3.8) is 0 Å². The number of nitrogens with one attached hydrogen (secondary N) is 1. The van der Waals surface area contributed by atoms with Crippen LogP contribution in [0.15, 0.2) is 30.5 Å². The van der Waals surface area contributed by atoms with Crippen LogP contribution in [0, 0.1) is 18.8 Å². The highest BCUT2D eigenvalue weighted by atomic mass is 16.2. The molecular formula is C25H34N4O2. The number of amides is 2. The van der Waals surface area contributed by atoms with Crippen molar-refractivity contribution in [2.75, 3.05) is 19.6 Å². The summed E-state index contributed by atoms with van der Waals surface area (Å²) >= 11 is 0. The number of aryl methyl sites for hydroxylation is 3. The number of carbonyl (C=O) groups excluding carboxylic acids is 2. The van der Waals surface area contributed by atoms with Gasteiger partial charge in [-0.1, -0.05) is 24.3 Å². The van der Waals surface area contributed by atoms with Crippen LogP contribution in [0.2, 0.25) is 0 Å². The molecule has 2 aromatic rings. The van der Waals surface area contributed by atoms with E-state index in [9.17, 15) is 9.59 Å². The van der Waals surface area contributed by atoms with Crippen molar-refractivity contribution in [1.29, 1.82) is 0 Å². The number of piperidine rings is 1. The van der Waals surface area contributed by atoms with Gasteiger partial charge in [0.2, 0.25) is 5.91 Å². The number of benzene rings is 1. The average molecular weight is 423 g/mol. The summed E-state index contributed by atoms with van der Waals surface area (Å²) in [7, 11) is 1.85. The topological polar surface area (TPSA) is 67.2 Å². The van der Waals surface area contributed by atoms with E-state index in [1.54, 1.807) is 4.68 Å². The molecule has 1 aliphatic heterocycles. The van der Waals surface area contributed by atoms with Gasteiger partial charge >= 0.3 is 0 Å². The van der Waals surface area contributed by atoms with Gasteiger partial charge in [0.1, 0.15) is 0 Å². The Hall–Kier alpha value is -2.63. The molecule has 6 heteroatoms. The van der Waals surface area contributed by atoms with Gasteiger partial charge in [0.25, 0.3) is 5.91 Å². The predicted molar refractivity (Wildman–Crippen MR) is 121 cm³/mol. The Bertz CT molecular complexity index is 906. The quantitative estimate of drug-likeness (QED) is 0.710. The molecule has 2 aliphatic rings. The van der Waals surface area contributed by atoms with Gasteiger partial charge in [-0.25, -0.2) is 0 Å². The average Bonchev–Trinajstić information content (AvgIpc) is 3.54. The van der Waals surface area contributed by atoms with E-state index < -0.39 is 0 Å². The second-order valence-electron chi connectivity index (χ2n) is 9.31. The molecule has 1 N–H and O–H groups in total. The standard InChI is InChI=1S/C25H34N4O2/c1-18-23(17-28(2)27-18)25(31)29-13-11-21(12-14-29)15-20-5-3-19(4-6-20)9-10-24(30)26-16-22-7-8-22/h3-6,17,21-22H,7-16H2,1-2H3,(H,26,30). The van der Waals surface area contributed by atoms with Gasteiger partial charge in [0.05, 0.1) is 11.3 Å². The van der Waals surface area contributed by atoms with Crippen molar-refractivity contribution < 1.29 is 9.59 Å². The Morgan fingerprint density at radius 2 is 1.71 bits per heavy atom. The highest BCUT2D eigenvalue weighted by Crippen LogP contribution is 2.27. The molecule has 166 valence electrons. The Morgan fingerprint density at radius 3 is 2.32 bits per heavy atom. The molecule has 2 heterocycles. The number of nitrogens with zero attached hydrogens (tertiary/aromatic N) is 3. The lowest BCUT2D eigenvalue weighted by Gasteiger charge is -2.32. The van der Waals surface area contributed by atoms with E-state index in [1.165, 1.54) is 24.0 Å². The first-order chi connectivity index (χ1) is 15.0. The zero-order valence-corrected chi connectivity index (χ0v) is 18.8. The summed E-state index contributed by atoms with van der Waals surface area (Å²) in [6, 6.07) is 8.72. The lowest BCUT2D eigenvalue weighted by molar-refractivity contribution is -0.121. The first-order valence-electron chi connectivity index (χ1n) is 11.6. The molecule has 1 aromatic heterocycles. The minimum absolute atomic E-state index is 0.106. The number of carbonyl (C=O) groups is 2. The normalized spacial score (nSPS) is 17.0. The summed E-state index contributed by atoms with van der Waals surface area (Å²) in [6.45, 7) is 4.37. The molecule has 0 spiro atoms. The smallest absolute Gasteiger partial charge is 0.257 e. The lowest BCUT2D eigenvalue weighted by Crippen LogP contribution is -2.39. The van der Waals surface area contributed by atoms with E-state index in [2.05, 4.69) is 34.7 Å². The molecular weight excluding hydrogens is 388 g/mol. The van der Waals surface area contributed by atoms with Crippen LogP contribution in [0.25, 0.3) is 0 Å². The number of aromatic nitrogens is 2. The number of hydrogen-bond donors (Lipinski definition) is 1. The Kier molecular flexibility index (Phi) is 6.73. The van der Waals surface area contributed by atoms with Crippen molar-refractivity contribution in [1.82, 2.24) is 20.0 Å². The molecule has 0 bridgehead atoms. The summed E-state index contributed by atoms with van der Waals surface area (Å²) < 4.78 is 1.71. The molecule has 1 aliphatic carbocycles.